The predicted molar refractivity (Wildman–Crippen MR) is 59.4 cm³/mol. The molecule has 0 radical (unpaired) electrons. The molecule has 2 N–H and O–H groups in total. The lowest BCUT2D eigenvalue weighted by atomic mass is 10.1. The van der Waals surface area contributed by atoms with Gasteiger partial charge in [0, 0.05) is 6.07 Å². The Bertz CT molecular complexity index is 540. The van der Waals surface area contributed by atoms with Crippen LogP contribution in [0.25, 0.3) is 11.3 Å². The molecule has 0 unspecified atom stereocenters. The molecule has 1 aromatic carbocycles. The summed E-state index contributed by atoms with van der Waals surface area (Å²) in [5.74, 6) is 0.193. The number of rotatable bonds is 3. The third-order valence-electron chi connectivity index (χ3n) is 2.28. The van der Waals surface area contributed by atoms with Gasteiger partial charge in [0.15, 0.2) is 23.1 Å². The van der Waals surface area contributed by atoms with Gasteiger partial charge in [0.2, 0.25) is 0 Å². The maximum atomic E-state index is 14.1. The number of methoxy groups -OCH3 is 2. The Labute approximate surface area is 96.9 Å². The fraction of sp³-hybridized carbons (Fsp3) is 0.182. The lowest BCUT2D eigenvalue weighted by Gasteiger charge is -2.09. The van der Waals surface area contributed by atoms with Crippen LogP contribution in [0.4, 0.5) is 10.2 Å². The second-order valence-electron chi connectivity index (χ2n) is 3.28. The van der Waals surface area contributed by atoms with E-state index in [2.05, 4.69) is 5.16 Å². The number of nitrogens with zero attached hydrogens (tertiary/aromatic N) is 1. The molecule has 2 aromatic rings. The minimum atomic E-state index is -0.581. The van der Waals surface area contributed by atoms with Gasteiger partial charge in [0.25, 0.3) is 0 Å². The molecule has 17 heavy (non-hydrogen) atoms. The molecule has 0 saturated carbocycles. The van der Waals surface area contributed by atoms with Gasteiger partial charge in [-0.3, -0.25) is 0 Å². The largest absolute Gasteiger partial charge is 0.496 e. The van der Waals surface area contributed by atoms with Crippen LogP contribution in [0, 0.1) is 5.82 Å². The summed E-state index contributed by atoms with van der Waals surface area (Å²) in [6.45, 7) is 0. The van der Waals surface area contributed by atoms with E-state index in [1.54, 1.807) is 6.07 Å². The van der Waals surface area contributed by atoms with Crippen LogP contribution in [0.15, 0.2) is 22.7 Å². The summed E-state index contributed by atoms with van der Waals surface area (Å²) in [4.78, 5) is 0. The molecule has 6 heteroatoms. The average molecular weight is 238 g/mol. The molecule has 0 atom stereocenters. The van der Waals surface area contributed by atoms with Crippen molar-refractivity contribution in [3.63, 3.8) is 0 Å². The number of halogens is 1. The SMILES string of the molecule is COc1ccc(OC)c(-c2cc(N)no2)c1F. The van der Waals surface area contributed by atoms with Crippen LogP contribution in [-0.2, 0) is 0 Å². The molecule has 5 nitrogen and oxygen atoms in total. The molecule has 1 heterocycles. The van der Waals surface area contributed by atoms with Crippen molar-refractivity contribution < 1.29 is 18.4 Å². The standard InChI is InChI=1S/C11H11FN2O3/c1-15-6-3-4-7(16-2)11(12)10(6)8-5-9(13)14-17-8/h3-5H,1-2H3,(H2,13,14). The second-order valence-corrected chi connectivity index (χ2v) is 3.28. The maximum absolute atomic E-state index is 14.1. The number of aromatic nitrogens is 1. The molecule has 0 aliphatic heterocycles. The lowest BCUT2D eigenvalue weighted by molar-refractivity contribution is 0.374. The van der Waals surface area contributed by atoms with Gasteiger partial charge >= 0.3 is 0 Å². The summed E-state index contributed by atoms with van der Waals surface area (Å²) in [5, 5.41) is 3.50. The Morgan fingerprint density at radius 2 is 1.88 bits per heavy atom. The van der Waals surface area contributed by atoms with Crippen molar-refractivity contribution in [1.29, 1.82) is 0 Å². The van der Waals surface area contributed by atoms with Crippen LogP contribution in [0.5, 0.6) is 11.5 Å². The first kappa shape index (κ1) is 11.3. The minimum Gasteiger partial charge on any atom is -0.496 e. The first-order valence-corrected chi connectivity index (χ1v) is 4.80. The molecule has 0 spiro atoms. The van der Waals surface area contributed by atoms with E-state index in [4.69, 9.17) is 19.7 Å². The van der Waals surface area contributed by atoms with Crippen LogP contribution < -0.4 is 15.2 Å². The first-order valence-electron chi connectivity index (χ1n) is 4.80. The summed E-state index contributed by atoms with van der Waals surface area (Å²) in [5.41, 5.74) is 5.56. The van der Waals surface area contributed by atoms with Crippen molar-refractivity contribution in [1.82, 2.24) is 5.16 Å². The van der Waals surface area contributed by atoms with Crippen LogP contribution in [0.3, 0.4) is 0 Å². The van der Waals surface area contributed by atoms with Crippen LogP contribution in [0.2, 0.25) is 0 Å². The molecule has 90 valence electrons. The number of nitrogen functional groups attached to an aromatic ring is 1. The van der Waals surface area contributed by atoms with Gasteiger partial charge in [-0.1, -0.05) is 5.16 Å². The highest BCUT2D eigenvalue weighted by molar-refractivity contribution is 5.70. The predicted octanol–water partition coefficient (Wildman–Crippen LogP) is 2.08. The van der Waals surface area contributed by atoms with Gasteiger partial charge < -0.3 is 19.7 Å². The van der Waals surface area contributed by atoms with E-state index in [-0.39, 0.29) is 22.9 Å². The smallest absolute Gasteiger partial charge is 0.179 e. The first-order chi connectivity index (χ1) is 8.17. The van der Waals surface area contributed by atoms with Crippen LogP contribution in [0.1, 0.15) is 0 Å². The number of anilines is 1. The van der Waals surface area contributed by atoms with E-state index in [1.807, 2.05) is 0 Å². The van der Waals surface area contributed by atoms with E-state index in [0.717, 1.165) is 0 Å². The van der Waals surface area contributed by atoms with Crippen molar-refractivity contribution in [3.05, 3.63) is 24.0 Å². The average Bonchev–Trinajstić information content (AvgIpc) is 2.75. The monoisotopic (exact) mass is 238 g/mol. The normalized spacial score (nSPS) is 10.3. The third-order valence-corrected chi connectivity index (χ3v) is 2.28. The van der Waals surface area contributed by atoms with E-state index in [1.165, 1.54) is 26.4 Å². The molecular weight excluding hydrogens is 227 g/mol. The van der Waals surface area contributed by atoms with Crippen LogP contribution >= 0.6 is 0 Å². The maximum Gasteiger partial charge on any atom is 0.179 e. The summed E-state index contributed by atoms with van der Waals surface area (Å²) < 4.78 is 29.0. The van der Waals surface area contributed by atoms with Crippen molar-refractivity contribution >= 4 is 5.82 Å². The van der Waals surface area contributed by atoms with Gasteiger partial charge in [0.1, 0.15) is 11.3 Å². The number of ether oxygens (including phenoxy) is 2. The summed E-state index contributed by atoms with van der Waals surface area (Å²) in [6, 6.07) is 4.47. The van der Waals surface area contributed by atoms with Gasteiger partial charge in [0.05, 0.1) is 14.2 Å². The van der Waals surface area contributed by atoms with Gasteiger partial charge in [-0.05, 0) is 12.1 Å². The van der Waals surface area contributed by atoms with Crippen LogP contribution in [-0.4, -0.2) is 19.4 Å². The van der Waals surface area contributed by atoms with E-state index < -0.39 is 5.82 Å². The van der Waals surface area contributed by atoms with Crippen molar-refractivity contribution in [3.8, 4) is 22.8 Å². The minimum absolute atomic E-state index is 0.0933. The molecule has 0 bridgehead atoms. The van der Waals surface area contributed by atoms with Gasteiger partial charge in [-0.2, -0.15) is 0 Å². The number of hydrogen-bond acceptors (Lipinski definition) is 5. The fourth-order valence-corrected chi connectivity index (χ4v) is 1.50. The Balaban J connectivity index is 2.64. The quantitative estimate of drug-likeness (QED) is 0.886. The van der Waals surface area contributed by atoms with E-state index in [0.29, 0.717) is 5.75 Å². The van der Waals surface area contributed by atoms with E-state index >= 15 is 0 Å². The Hall–Kier alpha value is -2.24. The second kappa shape index (κ2) is 4.32. The van der Waals surface area contributed by atoms with Gasteiger partial charge in [-0.15, -0.1) is 0 Å². The van der Waals surface area contributed by atoms with Crippen molar-refractivity contribution in [2.75, 3.05) is 20.0 Å². The molecular formula is C11H11FN2O3. The zero-order valence-corrected chi connectivity index (χ0v) is 9.36. The molecule has 0 fully saturated rings. The lowest BCUT2D eigenvalue weighted by Crippen LogP contribution is -1.95. The fourth-order valence-electron chi connectivity index (χ4n) is 1.50. The van der Waals surface area contributed by atoms with Crippen molar-refractivity contribution in [2.24, 2.45) is 0 Å². The zero-order valence-electron chi connectivity index (χ0n) is 9.36. The number of nitrogens with two attached hydrogens (primary N) is 1. The molecule has 2 rings (SSSR count). The zero-order chi connectivity index (χ0) is 12.4. The molecule has 0 aliphatic rings. The molecule has 0 amide bonds. The highest BCUT2D eigenvalue weighted by Gasteiger charge is 2.20. The third kappa shape index (κ3) is 1.89. The highest BCUT2D eigenvalue weighted by atomic mass is 19.1. The highest BCUT2D eigenvalue weighted by Crippen LogP contribution is 2.37. The Morgan fingerprint density at radius 3 is 2.41 bits per heavy atom. The number of hydrogen-bond donors (Lipinski definition) is 1. The van der Waals surface area contributed by atoms with Crippen molar-refractivity contribution in [2.45, 2.75) is 0 Å². The Morgan fingerprint density at radius 1 is 1.24 bits per heavy atom. The summed E-state index contributed by atoms with van der Waals surface area (Å²) in [7, 11) is 2.81. The molecule has 0 saturated heterocycles. The van der Waals surface area contributed by atoms with E-state index in [9.17, 15) is 4.39 Å². The van der Waals surface area contributed by atoms with Gasteiger partial charge in [-0.25, -0.2) is 4.39 Å². The summed E-state index contributed by atoms with van der Waals surface area (Å²) >= 11 is 0. The number of benzene rings is 1. The summed E-state index contributed by atoms with van der Waals surface area (Å²) in [6.07, 6.45) is 0. The molecule has 1 aromatic heterocycles. The Kier molecular flexibility index (Phi) is 2.86. The molecule has 0 aliphatic carbocycles. The topological polar surface area (TPSA) is 70.5 Å².